The number of fused-ring (bicyclic) bond motifs is 3. The van der Waals surface area contributed by atoms with Crippen LogP contribution in [0.25, 0.3) is 22.3 Å². The molecule has 5 aromatic rings. The third-order valence-electron chi connectivity index (χ3n) is 6.82. The fraction of sp³-hybridized carbons (Fsp3) is 0.0968. The molecule has 0 radical (unpaired) electrons. The Hall–Kier alpha value is -4.24. The lowest BCUT2D eigenvalue weighted by molar-refractivity contribution is 0.463. The second-order valence-corrected chi connectivity index (χ2v) is 8.90. The van der Waals surface area contributed by atoms with Gasteiger partial charge in [-0.3, -0.25) is 4.98 Å². The smallest absolute Gasteiger partial charge is 0.219 e. The summed E-state index contributed by atoms with van der Waals surface area (Å²) in [7, 11) is 0. The van der Waals surface area contributed by atoms with E-state index in [-0.39, 0.29) is 5.41 Å². The van der Waals surface area contributed by atoms with E-state index in [1.54, 1.807) is 6.20 Å². The molecule has 3 nitrogen and oxygen atoms in total. The minimum Gasteiger partial charge on any atom is -0.439 e. The number of aryl methyl sites for hydroxylation is 1. The van der Waals surface area contributed by atoms with E-state index < -0.39 is 0 Å². The summed E-state index contributed by atoms with van der Waals surface area (Å²) in [5.74, 6) is 1.35. The third kappa shape index (κ3) is 3.20. The molecule has 34 heavy (non-hydrogen) atoms. The Kier molecular flexibility index (Phi) is 4.77. The standard InChI is InChI=1S/C31H24N2O/c1-21-9-8-18-33-30(21)31(2)27-13-4-3-12-25(27)26-16-15-23(20-28(26)31)22-10-7-11-24(19-22)34-29-14-5-6-17-32-29/h3-20H,1-2H3. The van der Waals surface area contributed by atoms with Crippen LogP contribution < -0.4 is 4.74 Å². The fourth-order valence-corrected chi connectivity index (χ4v) is 5.20. The zero-order valence-corrected chi connectivity index (χ0v) is 19.2. The molecular weight excluding hydrogens is 416 g/mol. The Morgan fingerprint density at radius 1 is 0.647 bits per heavy atom. The van der Waals surface area contributed by atoms with Crippen LogP contribution in [0.3, 0.4) is 0 Å². The van der Waals surface area contributed by atoms with Crippen LogP contribution in [0, 0.1) is 6.92 Å². The van der Waals surface area contributed by atoms with Crippen LogP contribution in [0.4, 0.5) is 0 Å². The van der Waals surface area contributed by atoms with Gasteiger partial charge in [0.2, 0.25) is 5.88 Å². The van der Waals surface area contributed by atoms with Gasteiger partial charge in [-0.2, -0.15) is 0 Å². The second kappa shape index (κ2) is 7.96. The van der Waals surface area contributed by atoms with Crippen molar-refractivity contribution in [2.24, 2.45) is 0 Å². The van der Waals surface area contributed by atoms with Gasteiger partial charge in [0.25, 0.3) is 0 Å². The van der Waals surface area contributed by atoms with Crippen LogP contribution in [-0.2, 0) is 5.41 Å². The van der Waals surface area contributed by atoms with Crippen LogP contribution in [0.15, 0.2) is 109 Å². The monoisotopic (exact) mass is 440 g/mol. The van der Waals surface area contributed by atoms with Gasteiger partial charge in [0.05, 0.1) is 11.1 Å². The zero-order valence-electron chi connectivity index (χ0n) is 19.2. The molecule has 2 heterocycles. The number of aromatic nitrogens is 2. The van der Waals surface area contributed by atoms with Gasteiger partial charge in [-0.25, -0.2) is 4.98 Å². The fourth-order valence-electron chi connectivity index (χ4n) is 5.20. The van der Waals surface area contributed by atoms with Crippen molar-refractivity contribution in [1.29, 1.82) is 0 Å². The molecule has 0 aliphatic heterocycles. The van der Waals surface area contributed by atoms with Crippen molar-refractivity contribution in [2.75, 3.05) is 0 Å². The van der Waals surface area contributed by atoms with Crippen LogP contribution in [0.2, 0.25) is 0 Å². The van der Waals surface area contributed by atoms with Crippen molar-refractivity contribution in [1.82, 2.24) is 9.97 Å². The van der Waals surface area contributed by atoms with Crippen LogP contribution in [0.1, 0.15) is 29.3 Å². The summed E-state index contributed by atoms with van der Waals surface area (Å²) in [6, 6.07) is 33.5. The van der Waals surface area contributed by atoms with E-state index in [0.29, 0.717) is 5.88 Å². The first-order chi connectivity index (χ1) is 16.6. The van der Waals surface area contributed by atoms with Crippen molar-refractivity contribution in [2.45, 2.75) is 19.3 Å². The van der Waals surface area contributed by atoms with Gasteiger partial charge in [-0.05, 0) is 83.1 Å². The van der Waals surface area contributed by atoms with Crippen LogP contribution >= 0.6 is 0 Å². The summed E-state index contributed by atoms with van der Waals surface area (Å²) in [4.78, 5) is 9.14. The Bertz CT molecular complexity index is 1510. The number of hydrogen-bond acceptors (Lipinski definition) is 3. The molecule has 0 N–H and O–H groups in total. The maximum atomic E-state index is 5.99. The van der Waals surface area contributed by atoms with Crippen molar-refractivity contribution in [3.8, 4) is 33.9 Å². The van der Waals surface area contributed by atoms with E-state index in [4.69, 9.17) is 9.72 Å². The average molecular weight is 441 g/mol. The third-order valence-corrected chi connectivity index (χ3v) is 6.82. The maximum Gasteiger partial charge on any atom is 0.219 e. The average Bonchev–Trinajstić information content (AvgIpc) is 3.14. The predicted molar refractivity (Wildman–Crippen MR) is 136 cm³/mol. The summed E-state index contributed by atoms with van der Waals surface area (Å²) >= 11 is 0. The van der Waals surface area contributed by atoms with Gasteiger partial charge in [0, 0.05) is 18.5 Å². The molecule has 1 unspecified atom stereocenters. The molecule has 1 atom stereocenters. The van der Waals surface area contributed by atoms with Gasteiger partial charge in [0.15, 0.2) is 0 Å². The first kappa shape index (κ1) is 20.4. The van der Waals surface area contributed by atoms with E-state index in [0.717, 1.165) is 22.6 Å². The topological polar surface area (TPSA) is 35.0 Å². The van der Waals surface area contributed by atoms with Crippen molar-refractivity contribution in [3.63, 3.8) is 0 Å². The summed E-state index contributed by atoms with van der Waals surface area (Å²) in [5.41, 5.74) is 9.37. The summed E-state index contributed by atoms with van der Waals surface area (Å²) in [6.07, 6.45) is 3.63. The Balaban J connectivity index is 1.48. The minimum absolute atomic E-state index is 0.324. The summed E-state index contributed by atoms with van der Waals surface area (Å²) < 4.78 is 5.99. The highest BCUT2D eigenvalue weighted by molar-refractivity contribution is 5.85. The molecule has 0 fully saturated rings. The van der Waals surface area contributed by atoms with Gasteiger partial charge >= 0.3 is 0 Å². The van der Waals surface area contributed by atoms with Gasteiger partial charge in [0.1, 0.15) is 5.75 Å². The number of benzene rings is 3. The molecular formula is C31H24N2O. The number of rotatable bonds is 4. The largest absolute Gasteiger partial charge is 0.439 e. The predicted octanol–water partition coefficient (Wildman–Crippen LogP) is 7.58. The number of ether oxygens (including phenoxy) is 1. The lowest BCUT2D eigenvalue weighted by Gasteiger charge is -2.28. The van der Waals surface area contributed by atoms with Crippen molar-refractivity contribution >= 4 is 0 Å². The van der Waals surface area contributed by atoms with E-state index in [9.17, 15) is 0 Å². The molecule has 3 heteroatoms. The molecule has 6 rings (SSSR count). The van der Waals surface area contributed by atoms with E-state index in [2.05, 4.69) is 79.5 Å². The van der Waals surface area contributed by atoms with Crippen molar-refractivity contribution < 1.29 is 4.74 Å². The second-order valence-electron chi connectivity index (χ2n) is 8.90. The highest BCUT2D eigenvalue weighted by Crippen LogP contribution is 2.53. The van der Waals surface area contributed by atoms with Gasteiger partial charge in [-0.15, -0.1) is 0 Å². The summed E-state index contributed by atoms with van der Waals surface area (Å²) in [5, 5.41) is 0. The number of pyridine rings is 2. The molecule has 0 spiro atoms. The molecule has 0 amide bonds. The first-order valence-corrected chi connectivity index (χ1v) is 11.5. The molecule has 0 bridgehead atoms. The highest BCUT2D eigenvalue weighted by atomic mass is 16.5. The summed E-state index contributed by atoms with van der Waals surface area (Å²) in [6.45, 7) is 4.45. The van der Waals surface area contributed by atoms with Gasteiger partial charge in [-0.1, -0.05) is 60.7 Å². The van der Waals surface area contributed by atoms with Crippen molar-refractivity contribution in [3.05, 3.63) is 132 Å². The zero-order chi connectivity index (χ0) is 23.1. The number of nitrogens with zero attached hydrogens (tertiary/aromatic N) is 2. The molecule has 3 aromatic carbocycles. The quantitative estimate of drug-likeness (QED) is 0.289. The molecule has 1 aliphatic rings. The molecule has 0 saturated carbocycles. The minimum atomic E-state index is -0.324. The maximum absolute atomic E-state index is 5.99. The normalized spacial score (nSPS) is 16.1. The van der Waals surface area contributed by atoms with Gasteiger partial charge < -0.3 is 4.74 Å². The highest BCUT2D eigenvalue weighted by Gasteiger charge is 2.42. The van der Waals surface area contributed by atoms with E-state index in [1.165, 1.54) is 27.8 Å². The molecule has 164 valence electrons. The molecule has 2 aromatic heterocycles. The van der Waals surface area contributed by atoms with Crippen LogP contribution in [-0.4, -0.2) is 9.97 Å². The molecule has 0 saturated heterocycles. The first-order valence-electron chi connectivity index (χ1n) is 11.5. The SMILES string of the molecule is Cc1cccnc1C1(C)c2ccccc2-c2ccc(-c3cccc(Oc4ccccn4)c3)cc21. The van der Waals surface area contributed by atoms with Crippen LogP contribution in [0.5, 0.6) is 11.6 Å². The molecule has 1 aliphatic carbocycles. The van der Waals surface area contributed by atoms with E-state index >= 15 is 0 Å². The Morgan fingerprint density at radius 2 is 1.44 bits per heavy atom. The number of hydrogen-bond donors (Lipinski definition) is 0. The Labute approximate surface area is 199 Å². The lowest BCUT2D eigenvalue weighted by atomic mass is 9.75. The lowest BCUT2D eigenvalue weighted by Crippen LogP contribution is -2.25. The Morgan fingerprint density at radius 3 is 2.29 bits per heavy atom. The van der Waals surface area contributed by atoms with E-state index in [1.807, 2.05) is 42.6 Å².